The van der Waals surface area contributed by atoms with Gasteiger partial charge in [-0.3, -0.25) is 0 Å². The molecule has 0 radical (unpaired) electrons. The zero-order chi connectivity index (χ0) is 10.6. The van der Waals surface area contributed by atoms with Crippen molar-refractivity contribution in [2.24, 2.45) is 0 Å². The number of ether oxygens (including phenoxy) is 1. The number of aliphatic hydroxyl groups is 1. The number of carbonyl (C=O) groups excluding carboxylic acids is 1. The molecule has 0 saturated carbocycles. The molecule has 14 heavy (non-hydrogen) atoms. The van der Waals surface area contributed by atoms with Crippen LogP contribution in [0.1, 0.15) is 13.8 Å². The van der Waals surface area contributed by atoms with Crippen LogP contribution < -0.4 is 5.32 Å². The van der Waals surface area contributed by atoms with Gasteiger partial charge in [0.25, 0.3) is 0 Å². The van der Waals surface area contributed by atoms with Crippen molar-refractivity contribution < 1.29 is 14.6 Å². The first kappa shape index (κ1) is 11.3. The molecule has 0 spiro atoms. The summed E-state index contributed by atoms with van der Waals surface area (Å²) in [6, 6.07) is 0. The predicted octanol–water partition coefficient (Wildman–Crippen LogP) is -0.201. The highest BCUT2D eigenvalue weighted by Gasteiger charge is 2.26. The lowest BCUT2D eigenvalue weighted by Crippen LogP contribution is -2.48. The normalized spacial score (nSPS) is 18.1. The molecule has 1 heterocycles. The lowest BCUT2D eigenvalue weighted by atomic mass is 10.1. The zero-order valence-electron chi connectivity index (χ0n) is 8.75. The van der Waals surface area contributed by atoms with Crippen LogP contribution in [0.15, 0.2) is 0 Å². The number of rotatable bonds is 2. The fraction of sp³-hybridized carbons (Fsp3) is 0.889. The van der Waals surface area contributed by atoms with E-state index in [1.54, 1.807) is 18.7 Å². The Bertz CT molecular complexity index is 200. The Balaban J connectivity index is 2.40. The Morgan fingerprint density at radius 1 is 1.50 bits per heavy atom. The van der Waals surface area contributed by atoms with Gasteiger partial charge in [-0.1, -0.05) is 0 Å². The molecule has 1 aliphatic heterocycles. The van der Waals surface area contributed by atoms with E-state index in [4.69, 9.17) is 9.84 Å². The number of carbonyl (C=O) groups is 1. The van der Waals surface area contributed by atoms with Gasteiger partial charge in [-0.15, -0.1) is 0 Å². The van der Waals surface area contributed by atoms with Crippen molar-refractivity contribution in [3.05, 3.63) is 0 Å². The topological polar surface area (TPSA) is 61.8 Å². The molecule has 82 valence electrons. The first-order valence-corrected chi connectivity index (χ1v) is 4.85. The monoisotopic (exact) mass is 202 g/mol. The van der Waals surface area contributed by atoms with Gasteiger partial charge in [0.1, 0.15) is 5.60 Å². The van der Waals surface area contributed by atoms with E-state index in [1.165, 1.54) is 0 Å². The summed E-state index contributed by atoms with van der Waals surface area (Å²) in [5.74, 6) is 0. The van der Waals surface area contributed by atoms with E-state index in [0.29, 0.717) is 13.1 Å². The van der Waals surface area contributed by atoms with E-state index >= 15 is 0 Å². The molecule has 5 nitrogen and oxygen atoms in total. The molecule has 0 aliphatic carbocycles. The van der Waals surface area contributed by atoms with E-state index in [1.807, 2.05) is 0 Å². The van der Waals surface area contributed by atoms with Crippen LogP contribution in [0, 0.1) is 0 Å². The van der Waals surface area contributed by atoms with Crippen molar-refractivity contribution >= 4 is 6.09 Å². The minimum absolute atomic E-state index is 0.162. The molecule has 0 unspecified atom stereocenters. The van der Waals surface area contributed by atoms with Gasteiger partial charge in [0.15, 0.2) is 0 Å². The minimum Gasteiger partial charge on any atom is -0.441 e. The Labute approximate surface area is 84.0 Å². The van der Waals surface area contributed by atoms with Gasteiger partial charge >= 0.3 is 6.09 Å². The van der Waals surface area contributed by atoms with Crippen LogP contribution in [-0.4, -0.2) is 54.5 Å². The highest BCUT2D eigenvalue weighted by atomic mass is 16.6. The van der Waals surface area contributed by atoms with Gasteiger partial charge in [-0.25, -0.2) is 4.79 Å². The number of hydrogen-bond acceptors (Lipinski definition) is 4. The number of aliphatic hydroxyl groups excluding tert-OH is 1. The van der Waals surface area contributed by atoms with Crippen LogP contribution >= 0.6 is 0 Å². The number of amides is 1. The summed E-state index contributed by atoms with van der Waals surface area (Å²) < 4.78 is 5.14. The van der Waals surface area contributed by atoms with Crippen molar-refractivity contribution in [1.29, 1.82) is 0 Å². The van der Waals surface area contributed by atoms with E-state index in [9.17, 15) is 4.79 Å². The summed E-state index contributed by atoms with van der Waals surface area (Å²) in [7, 11) is 0. The summed E-state index contributed by atoms with van der Waals surface area (Å²) >= 11 is 0. The van der Waals surface area contributed by atoms with Crippen LogP contribution in [0.25, 0.3) is 0 Å². The first-order chi connectivity index (χ1) is 6.55. The highest BCUT2D eigenvalue weighted by Crippen LogP contribution is 2.10. The smallest absolute Gasteiger partial charge is 0.410 e. The van der Waals surface area contributed by atoms with Crippen LogP contribution in [0.4, 0.5) is 4.79 Å². The van der Waals surface area contributed by atoms with E-state index in [-0.39, 0.29) is 12.7 Å². The first-order valence-electron chi connectivity index (χ1n) is 4.85. The minimum atomic E-state index is -0.790. The second-order valence-electron chi connectivity index (χ2n) is 4.02. The van der Waals surface area contributed by atoms with E-state index in [0.717, 1.165) is 13.1 Å². The molecule has 1 amide bonds. The average Bonchev–Trinajstić information content (AvgIpc) is 2.19. The Morgan fingerprint density at radius 2 is 2.07 bits per heavy atom. The SMILES string of the molecule is CC(C)(CO)OC(=O)N1CCNCC1. The van der Waals surface area contributed by atoms with E-state index < -0.39 is 5.60 Å². The molecule has 0 aromatic rings. The Hall–Kier alpha value is -0.810. The standard InChI is InChI=1S/C9H18N2O3/c1-9(2,7-12)14-8(13)11-5-3-10-4-6-11/h10,12H,3-7H2,1-2H3. The lowest BCUT2D eigenvalue weighted by Gasteiger charge is -2.31. The summed E-state index contributed by atoms with van der Waals surface area (Å²) in [5, 5.41) is 12.1. The van der Waals surface area contributed by atoms with Crippen LogP contribution in [0.2, 0.25) is 0 Å². The van der Waals surface area contributed by atoms with Gasteiger partial charge in [-0.2, -0.15) is 0 Å². The third-order valence-corrected chi connectivity index (χ3v) is 2.12. The average molecular weight is 202 g/mol. The van der Waals surface area contributed by atoms with Gasteiger partial charge in [0.05, 0.1) is 6.61 Å². The zero-order valence-corrected chi connectivity index (χ0v) is 8.75. The summed E-state index contributed by atoms with van der Waals surface area (Å²) in [5.41, 5.74) is -0.790. The lowest BCUT2D eigenvalue weighted by molar-refractivity contribution is -0.0218. The maximum absolute atomic E-state index is 11.5. The number of hydrogen-bond donors (Lipinski definition) is 2. The van der Waals surface area contributed by atoms with Crippen molar-refractivity contribution in [2.75, 3.05) is 32.8 Å². The molecule has 1 fully saturated rings. The molecule has 0 aromatic carbocycles. The van der Waals surface area contributed by atoms with Crippen molar-refractivity contribution in [2.45, 2.75) is 19.4 Å². The summed E-state index contributed by atoms with van der Waals surface area (Å²) in [6.07, 6.45) is -0.342. The van der Waals surface area contributed by atoms with Gasteiger partial charge < -0.3 is 20.1 Å². The van der Waals surface area contributed by atoms with Crippen molar-refractivity contribution in [3.8, 4) is 0 Å². The number of piperazine rings is 1. The summed E-state index contributed by atoms with van der Waals surface area (Å²) in [4.78, 5) is 13.2. The Kier molecular flexibility index (Phi) is 3.71. The van der Waals surface area contributed by atoms with Crippen LogP contribution in [-0.2, 0) is 4.74 Å². The molecule has 1 saturated heterocycles. The third-order valence-electron chi connectivity index (χ3n) is 2.12. The van der Waals surface area contributed by atoms with Gasteiger partial charge in [0.2, 0.25) is 0 Å². The molecular weight excluding hydrogens is 184 g/mol. The molecular formula is C9H18N2O3. The van der Waals surface area contributed by atoms with E-state index in [2.05, 4.69) is 5.32 Å². The third kappa shape index (κ3) is 3.16. The number of nitrogens with zero attached hydrogens (tertiary/aromatic N) is 1. The molecule has 2 N–H and O–H groups in total. The largest absolute Gasteiger partial charge is 0.441 e. The number of nitrogens with one attached hydrogen (secondary N) is 1. The predicted molar refractivity (Wildman–Crippen MR) is 52.1 cm³/mol. The van der Waals surface area contributed by atoms with Gasteiger partial charge in [0, 0.05) is 26.2 Å². The molecule has 1 aliphatic rings. The molecule has 0 atom stereocenters. The molecule has 0 bridgehead atoms. The quantitative estimate of drug-likeness (QED) is 0.651. The maximum Gasteiger partial charge on any atom is 0.410 e. The fourth-order valence-corrected chi connectivity index (χ4v) is 1.18. The second-order valence-corrected chi connectivity index (χ2v) is 4.02. The van der Waals surface area contributed by atoms with Crippen LogP contribution in [0.3, 0.4) is 0 Å². The molecule has 0 aromatic heterocycles. The molecule has 1 rings (SSSR count). The van der Waals surface area contributed by atoms with Crippen molar-refractivity contribution in [3.63, 3.8) is 0 Å². The van der Waals surface area contributed by atoms with Crippen LogP contribution in [0.5, 0.6) is 0 Å². The van der Waals surface area contributed by atoms with Gasteiger partial charge in [-0.05, 0) is 13.8 Å². The summed E-state index contributed by atoms with van der Waals surface area (Å²) in [6.45, 7) is 6.15. The maximum atomic E-state index is 11.5. The fourth-order valence-electron chi connectivity index (χ4n) is 1.18. The highest BCUT2D eigenvalue weighted by molar-refractivity contribution is 5.68. The molecule has 5 heteroatoms. The second kappa shape index (κ2) is 4.61. The van der Waals surface area contributed by atoms with Crippen molar-refractivity contribution in [1.82, 2.24) is 10.2 Å². The Morgan fingerprint density at radius 3 is 2.57 bits per heavy atom.